The largest absolute Gasteiger partial charge is 0.534 e. The average Bonchev–Trinajstić information content (AvgIpc) is 3.74. The molecule has 0 fully saturated rings. The summed E-state index contributed by atoms with van der Waals surface area (Å²) in [5, 5.41) is 4.06. The van der Waals surface area contributed by atoms with Crippen LogP contribution < -0.4 is 14.0 Å². The molecule has 0 bridgehead atoms. The van der Waals surface area contributed by atoms with Crippen molar-refractivity contribution in [1.82, 2.24) is 0 Å². The van der Waals surface area contributed by atoms with E-state index in [0.717, 1.165) is 42.2 Å². The lowest BCUT2D eigenvalue weighted by molar-refractivity contribution is -0.0500. The van der Waals surface area contributed by atoms with Crippen LogP contribution in [0.4, 0.5) is 47.3 Å². The Kier molecular flexibility index (Phi) is 8.06. The fraction of sp³-hybridized carbons (Fsp3) is 0.0233. The van der Waals surface area contributed by atoms with Gasteiger partial charge in [-0.1, -0.05) is 78.9 Å². The molecule has 0 atom stereocenters. The lowest BCUT2D eigenvalue weighted by atomic mass is 10.1. The number of thiophene rings is 1. The van der Waals surface area contributed by atoms with Crippen LogP contribution in [0.25, 0.3) is 42.1 Å². The average molecular weight is 757 g/mol. The molecule has 0 radical (unpaired) electrons. The van der Waals surface area contributed by atoms with Crippen LogP contribution in [0.1, 0.15) is 0 Å². The third-order valence-electron chi connectivity index (χ3n) is 9.19. The summed E-state index contributed by atoms with van der Waals surface area (Å²) in [6.07, 6.45) is 0. The molecule has 0 amide bonds. The van der Waals surface area contributed by atoms with Gasteiger partial charge < -0.3 is 18.4 Å². The SMILES string of the molecule is O=S(=O)(Oc1ccc(N(c2ccccc2)c2ccc3c(c2)oc2ccccc23)c(N(c2ccccc2)c2ccc3c(c2)sc2ccccc23)c1)C(F)(F)F. The first kappa shape index (κ1) is 33.5. The summed E-state index contributed by atoms with van der Waals surface area (Å²) < 4.78 is 78.8. The van der Waals surface area contributed by atoms with Gasteiger partial charge in [0.15, 0.2) is 0 Å². The second kappa shape index (κ2) is 13.0. The number of hydrogen-bond donors (Lipinski definition) is 0. The van der Waals surface area contributed by atoms with E-state index in [9.17, 15) is 21.6 Å². The van der Waals surface area contributed by atoms with Gasteiger partial charge in [0, 0.05) is 65.8 Å². The lowest BCUT2D eigenvalue weighted by Gasteiger charge is -2.33. The van der Waals surface area contributed by atoms with E-state index in [1.165, 1.54) is 12.1 Å². The maximum atomic E-state index is 13.7. The predicted octanol–water partition coefficient (Wildman–Crippen LogP) is 13.1. The number of para-hydroxylation sites is 3. The minimum Gasteiger partial charge on any atom is -0.456 e. The summed E-state index contributed by atoms with van der Waals surface area (Å²) in [6.45, 7) is 0. The Morgan fingerprint density at radius 3 is 1.76 bits per heavy atom. The zero-order chi connectivity index (χ0) is 37.0. The van der Waals surface area contributed by atoms with Gasteiger partial charge in [0.05, 0.1) is 11.4 Å². The summed E-state index contributed by atoms with van der Waals surface area (Å²) in [5.74, 6) is -0.504. The van der Waals surface area contributed by atoms with Crippen molar-refractivity contribution in [1.29, 1.82) is 0 Å². The summed E-state index contributed by atoms with van der Waals surface area (Å²) >= 11 is 1.63. The van der Waals surface area contributed by atoms with E-state index in [4.69, 9.17) is 8.60 Å². The molecule has 0 aliphatic rings. The van der Waals surface area contributed by atoms with Crippen LogP contribution in [0.2, 0.25) is 0 Å². The highest BCUT2D eigenvalue weighted by Gasteiger charge is 2.48. The molecule has 0 N–H and O–H groups in total. The first-order chi connectivity index (χ1) is 26.1. The van der Waals surface area contributed by atoms with Crippen LogP contribution in [-0.2, 0) is 10.1 Å². The van der Waals surface area contributed by atoms with Gasteiger partial charge in [-0.2, -0.15) is 21.6 Å². The van der Waals surface area contributed by atoms with Crippen molar-refractivity contribution < 1.29 is 30.2 Å². The number of nitrogens with zero attached hydrogens (tertiary/aromatic N) is 2. The zero-order valence-electron chi connectivity index (χ0n) is 28.1. The van der Waals surface area contributed by atoms with Gasteiger partial charge in [-0.3, -0.25) is 0 Å². The molecule has 9 rings (SSSR count). The van der Waals surface area contributed by atoms with Gasteiger partial charge in [-0.15, -0.1) is 11.3 Å². The molecular formula is C43H27F3N2O4S2. The van der Waals surface area contributed by atoms with Crippen molar-refractivity contribution in [3.8, 4) is 5.75 Å². The summed E-state index contributed by atoms with van der Waals surface area (Å²) in [7, 11) is -5.98. The molecule has 6 nitrogen and oxygen atoms in total. The van der Waals surface area contributed by atoms with Gasteiger partial charge in [0.1, 0.15) is 16.9 Å². The standard InChI is InChI=1S/C43H27F3N2O4S2/c44-43(45,46)54(49,50)52-32-21-24-37(47(28-11-3-1-4-12-28)30-19-22-34-33-15-7-9-17-39(33)51-40(34)25-30)38(27-32)48(29-13-5-2-6-14-29)31-20-23-36-35-16-8-10-18-41(35)53-42(36)26-31/h1-27H. The molecule has 0 saturated carbocycles. The maximum Gasteiger partial charge on any atom is 0.534 e. The third kappa shape index (κ3) is 5.87. The van der Waals surface area contributed by atoms with E-state index < -0.39 is 21.4 Å². The van der Waals surface area contributed by atoms with Crippen LogP contribution in [0.5, 0.6) is 5.75 Å². The Hall–Kier alpha value is -6.30. The molecule has 0 spiro atoms. The number of furan rings is 1. The number of hydrogen-bond acceptors (Lipinski definition) is 7. The Balaban J connectivity index is 1.31. The molecule has 0 unspecified atom stereocenters. The van der Waals surface area contributed by atoms with E-state index in [1.807, 2.05) is 143 Å². The fourth-order valence-electron chi connectivity index (χ4n) is 6.81. The van der Waals surface area contributed by atoms with Crippen molar-refractivity contribution >= 4 is 97.7 Å². The number of rotatable bonds is 8. The molecule has 11 heteroatoms. The normalized spacial score (nSPS) is 12.1. The van der Waals surface area contributed by atoms with E-state index >= 15 is 0 Å². The monoisotopic (exact) mass is 756 g/mol. The second-order valence-electron chi connectivity index (χ2n) is 12.5. The van der Waals surface area contributed by atoms with Crippen molar-refractivity contribution in [3.63, 3.8) is 0 Å². The van der Waals surface area contributed by atoms with Crippen molar-refractivity contribution in [2.24, 2.45) is 0 Å². The van der Waals surface area contributed by atoms with E-state index in [-0.39, 0.29) is 0 Å². The molecule has 54 heavy (non-hydrogen) atoms. The first-order valence-corrected chi connectivity index (χ1v) is 19.0. The molecule has 2 heterocycles. The Labute approximate surface area is 311 Å². The Morgan fingerprint density at radius 1 is 0.500 bits per heavy atom. The third-order valence-corrected chi connectivity index (χ3v) is 11.3. The van der Waals surface area contributed by atoms with E-state index in [1.54, 1.807) is 17.4 Å². The van der Waals surface area contributed by atoms with Crippen LogP contribution in [0.15, 0.2) is 168 Å². The van der Waals surface area contributed by atoms with Crippen LogP contribution >= 0.6 is 11.3 Å². The zero-order valence-corrected chi connectivity index (χ0v) is 29.7. The smallest absolute Gasteiger partial charge is 0.456 e. The quantitative estimate of drug-likeness (QED) is 0.114. The first-order valence-electron chi connectivity index (χ1n) is 16.8. The maximum absolute atomic E-state index is 13.7. The molecular weight excluding hydrogens is 730 g/mol. The summed E-state index contributed by atoms with van der Waals surface area (Å²) in [4.78, 5) is 3.85. The van der Waals surface area contributed by atoms with E-state index in [0.29, 0.717) is 34.0 Å². The van der Waals surface area contributed by atoms with Crippen molar-refractivity contribution in [2.45, 2.75) is 5.51 Å². The number of halogens is 3. The molecule has 9 aromatic rings. The van der Waals surface area contributed by atoms with Crippen molar-refractivity contribution in [3.05, 3.63) is 164 Å². The van der Waals surface area contributed by atoms with Gasteiger partial charge in [0.2, 0.25) is 0 Å². The van der Waals surface area contributed by atoms with Gasteiger partial charge in [0.25, 0.3) is 0 Å². The molecule has 0 saturated heterocycles. The minimum atomic E-state index is -5.98. The highest BCUT2D eigenvalue weighted by Crippen LogP contribution is 2.49. The molecule has 0 aliphatic heterocycles. The Bertz CT molecular complexity index is 2950. The number of anilines is 6. The van der Waals surface area contributed by atoms with Gasteiger partial charge in [-0.05, 0) is 72.8 Å². The summed E-state index contributed by atoms with van der Waals surface area (Å²) in [6, 6.07) is 50.7. The predicted molar refractivity (Wildman–Crippen MR) is 212 cm³/mol. The van der Waals surface area contributed by atoms with Crippen LogP contribution in [0.3, 0.4) is 0 Å². The number of benzene rings is 7. The van der Waals surface area contributed by atoms with Gasteiger partial charge >= 0.3 is 15.6 Å². The lowest BCUT2D eigenvalue weighted by Crippen LogP contribution is -2.28. The van der Waals surface area contributed by atoms with Crippen LogP contribution in [-0.4, -0.2) is 13.9 Å². The van der Waals surface area contributed by atoms with Gasteiger partial charge in [-0.25, -0.2) is 0 Å². The Morgan fingerprint density at radius 2 is 1.06 bits per heavy atom. The number of alkyl halides is 3. The van der Waals surface area contributed by atoms with Crippen molar-refractivity contribution in [2.75, 3.05) is 9.80 Å². The highest BCUT2D eigenvalue weighted by atomic mass is 32.2. The molecule has 266 valence electrons. The summed E-state index contributed by atoms with van der Waals surface area (Å²) in [5.41, 5.74) is -0.585. The van der Waals surface area contributed by atoms with Crippen LogP contribution in [0, 0.1) is 0 Å². The van der Waals surface area contributed by atoms with E-state index in [2.05, 4.69) is 12.1 Å². The fourth-order valence-corrected chi connectivity index (χ4v) is 8.40. The molecule has 2 aromatic heterocycles. The topological polar surface area (TPSA) is 63.0 Å². The number of fused-ring (bicyclic) bond motifs is 6. The highest BCUT2D eigenvalue weighted by molar-refractivity contribution is 7.88. The molecule has 0 aliphatic carbocycles. The second-order valence-corrected chi connectivity index (χ2v) is 15.2. The molecule has 7 aromatic carbocycles. The minimum absolute atomic E-state index is 0.352.